The fourth-order valence-corrected chi connectivity index (χ4v) is 0.534. The molecule has 72 valence electrons. The Bertz CT molecular complexity index is 290. The predicted molar refractivity (Wildman–Crippen MR) is 52.2 cm³/mol. The summed E-state index contributed by atoms with van der Waals surface area (Å²) in [6, 6.07) is 0. The van der Waals surface area contributed by atoms with Gasteiger partial charge in [0.05, 0.1) is 22.2 Å². The average molecular weight is 241 g/mol. The molecule has 0 heterocycles. The van der Waals surface area contributed by atoms with E-state index in [1.165, 1.54) is 0 Å². The number of carbonyl (C=O) groups is 1. The van der Waals surface area contributed by atoms with Crippen LogP contribution in [0, 0.1) is 0 Å². The van der Waals surface area contributed by atoms with Crippen LogP contribution in [0.1, 0.15) is 0 Å². The monoisotopic (exact) mass is 240 g/mol. The molecule has 0 rings (SSSR count). The fraction of sp³-hybridized carbons (Fsp3) is 0. The number of carbonyl (C=O) groups excluding carboxylic acids is 1. The Balaban J connectivity index is 4.36. The normalized spacial score (nSPS) is 12.5. The van der Waals surface area contributed by atoms with Crippen molar-refractivity contribution in [3.8, 4) is 0 Å². The van der Waals surface area contributed by atoms with Crippen molar-refractivity contribution in [1.82, 2.24) is 5.43 Å². The van der Waals surface area contributed by atoms with Gasteiger partial charge in [-0.3, -0.25) is 5.43 Å². The van der Waals surface area contributed by atoms with Crippen LogP contribution in [0.15, 0.2) is 15.2 Å². The smallest absolute Gasteiger partial charge is 0.184 e. The lowest BCUT2D eigenvalue weighted by Gasteiger charge is -1.99. The van der Waals surface area contributed by atoms with Gasteiger partial charge in [-0.25, -0.2) is 0 Å². The molecule has 3 N–H and O–H groups in total. The number of hydrazone groups is 1. The van der Waals surface area contributed by atoms with Crippen LogP contribution in [-0.2, 0) is 4.79 Å². The van der Waals surface area contributed by atoms with E-state index in [1.807, 2.05) is 0 Å². The second kappa shape index (κ2) is 5.74. The molecule has 0 fully saturated rings. The standard InChI is InChI=1S/C5H5Cl2N3O2S/c6-2(3(7)4(11)12)1-9-10-5(8)13/h1H,(H,11,12)(H3,8,10,13)/p-1/b3-2+,9-1+. The van der Waals surface area contributed by atoms with E-state index in [0.29, 0.717) is 0 Å². The Labute approximate surface area is 89.2 Å². The van der Waals surface area contributed by atoms with Crippen molar-refractivity contribution in [2.24, 2.45) is 10.8 Å². The summed E-state index contributed by atoms with van der Waals surface area (Å²) in [5.74, 6) is -1.59. The zero-order valence-corrected chi connectivity index (χ0v) is 8.41. The maximum Gasteiger partial charge on any atom is 0.184 e. The van der Waals surface area contributed by atoms with E-state index in [1.54, 1.807) is 0 Å². The summed E-state index contributed by atoms with van der Waals surface area (Å²) in [5.41, 5.74) is 7.16. The first-order valence-corrected chi connectivity index (χ1v) is 3.96. The molecule has 0 aliphatic rings. The Hall–Kier alpha value is -0.850. The van der Waals surface area contributed by atoms with Crippen molar-refractivity contribution in [2.75, 3.05) is 0 Å². The number of allylic oxidation sites excluding steroid dienone is 1. The Morgan fingerprint density at radius 2 is 2.15 bits per heavy atom. The first kappa shape index (κ1) is 12.2. The molecule has 0 aromatic heterocycles. The van der Waals surface area contributed by atoms with Gasteiger partial charge < -0.3 is 15.6 Å². The van der Waals surface area contributed by atoms with E-state index in [4.69, 9.17) is 28.9 Å². The minimum atomic E-state index is -1.59. The number of aliphatic carboxylic acids is 1. The summed E-state index contributed by atoms with van der Waals surface area (Å²) >= 11 is 14.9. The molecule has 0 radical (unpaired) electrons. The van der Waals surface area contributed by atoms with Crippen LogP contribution in [0.4, 0.5) is 0 Å². The molecule has 0 atom stereocenters. The lowest BCUT2D eigenvalue weighted by atomic mass is 10.5. The van der Waals surface area contributed by atoms with E-state index in [0.717, 1.165) is 6.21 Å². The number of carboxylic acid groups (broad SMARTS) is 1. The van der Waals surface area contributed by atoms with Crippen LogP contribution < -0.4 is 16.3 Å². The summed E-state index contributed by atoms with van der Waals surface area (Å²) in [6.07, 6.45) is 0.943. The SMILES string of the molecule is NC(=S)N/N=C/C(Cl)=C(\Cl)C(=O)[O-]. The van der Waals surface area contributed by atoms with Crippen LogP contribution in [0.2, 0.25) is 0 Å². The molecule has 0 bridgehead atoms. The zero-order valence-electron chi connectivity index (χ0n) is 6.08. The Kier molecular flexibility index (Phi) is 5.36. The lowest BCUT2D eigenvalue weighted by Crippen LogP contribution is -2.24. The van der Waals surface area contributed by atoms with Crippen LogP contribution in [0.5, 0.6) is 0 Å². The van der Waals surface area contributed by atoms with Gasteiger partial charge >= 0.3 is 0 Å². The first-order valence-electron chi connectivity index (χ1n) is 2.80. The summed E-state index contributed by atoms with van der Waals surface area (Å²) in [4.78, 5) is 10.1. The third-order valence-corrected chi connectivity index (χ3v) is 1.57. The molecular weight excluding hydrogens is 237 g/mol. The third-order valence-electron chi connectivity index (χ3n) is 0.742. The fourth-order valence-electron chi connectivity index (χ4n) is 0.307. The van der Waals surface area contributed by atoms with Crippen molar-refractivity contribution >= 4 is 52.7 Å². The van der Waals surface area contributed by atoms with Crippen LogP contribution in [-0.4, -0.2) is 17.3 Å². The number of carboxylic acids is 1. The predicted octanol–water partition coefficient (Wildman–Crippen LogP) is -0.756. The van der Waals surface area contributed by atoms with Crippen molar-refractivity contribution < 1.29 is 9.90 Å². The van der Waals surface area contributed by atoms with E-state index in [-0.39, 0.29) is 10.1 Å². The molecule has 0 aliphatic heterocycles. The highest BCUT2D eigenvalue weighted by atomic mass is 35.5. The van der Waals surface area contributed by atoms with Crippen LogP contribution in [0.3, 0.4) is 0 Å². The average Bonchev–Trinajstić information content (AvgIpc) is 2.02. The summed E-state index contributed by atoms with van der Waals surface area (Å²) in [6.45, 7) is 0. The minimum Gasteiger partial charge on any atom is -0.544 e. The van der Waals surface area contributed by atoms with Gasteiger partial charge in [-0.15, -0.1) is 0 Å². The number of halogens is 2. The van der Waals surface area contributed by atoms with E-state index in [9.17, 15) is 9.90 Å². The highest BCUT2D eigenvalue weighted by Gasteiger charge is 1.99. The molecule has 0 aromatic rings. The minimum absolute atomic E-state index is 0.0784. The molecule has 0 aliphatic carbocycles. The topological polar surface area (TPSA) is 90.5 Å². The van der Waals surface area contributed by atoms with Crippen LogP contribution in [0.25, 0.3) is 0 Å². The second-order valence-corrected chi connectivity index (χ2v) is 2.91. The highest BCUT2D eigenvalue weighted by Crippen LogP contribution is 2.10. The molecule has 0 amide bonds. The van der Waals surface area contributed by atoms with Crippen molar-refractivity contribution in [3.63, 3.8) is 0 Å². The molecular formula is C5H4Cl2N3O2S-. The number of rotatable bonds is 3. The van der Waals surface area contributed by atoms with Gasteiger partial charge in [-0.1, -0.05) is 23.2 Å². The van der Waals surface area contributed by atoms with Gasteiger partial charge in [0.25, 0.3) is 0 Å². The Morgan fingerprint density at radius 1 is 1.62 bits per heavy atom. The van der Waals surface area contributed by atoms with E-state index < -0.39 is 11.0 Å². The summed E-state index contributed by atoms with van der Waals surface area (Å²) < 4.78 is 0. The molecule has 0 saturated carbocycles. The molecule has 0 saturated heterocycles. The van der Waals surface area contributed by atoms with Crippen molar-refractivity contribution in [2.45, 2.75) is 0 Å². The third kappa shape index (κ3) is 5.40. The first-order chi connectivity index (χ1) is 5.95. The number of nitrogens with one attached hydrogen (secondary N) is 1. The summed E-state index contributed by atoms with van der Waals surface area (Å²) in [7, 11) is 0. The van der Waals surface area contributed by atoms with E-state index in [2.05, 4.69) is 22.7 Å². The maximum absolute atomic E-state index is 10.1. The molecule has 5 nitrogen and oxygen atoms in total. The second-order valence-electron chi connectivity index (χ2n) is 1.68. The Morgan fingerprint density at radius 3 is 2.54 bits per heavy atom. The van der Waals surface area contributed by atoms with Gasteiger partial charge in [0.1, 0.15) is 0 Å². The van der Waals surface area contributed by atoms with E-state index >= 15 is 0 Å². The largest absolute Gasteiger partial charge is 0.544 e. The van der Waals surface area contributed by atoms with Crippen LogP contribution >= 0.6 is 35.4 Å². The summed E-state index contributed by atoms with van der Waals surface area (Å²) in [5, 5.41) is 12.5. The molecule has 8 heteroatoms. The number of nitrogens with two attached hydrogens (primary N) is 1. The van der Waals surface area contributed by atoms with Gasteiger partial charge in [-0.2, -0.15) is 5.10 Å². The molecule has 13 heavy (non-hydrogen) atoms. The number of hydrogen-bond donors (Lipinski definition) is 2. The van der Waals surface area contributed by atoms with Gasteiger partial charge in [0.2, 0.25) is 0 Å². The van der Waals surface area contributed by atoms with Gasteiger partial charge in [0.15, 0.2) is 5.11 Å². The number of thiocarbonyl (C=S) groups is 1. The van der Waals surface area contributed by atoms with Crippen molar-refractivity contribution in [3.05, 3.63) is 10.1 Å². The quantitative estimate of drug-likeness (QED) is 0.293. The lowest BCUT2D eigenvalue weighted by molar-refractivity contribution is -0.298. The number of nitrogens with zero attached hydrogens (tertiary/aromatic N) is 1. The van der Waals surface area contributed by atoms with Gasteiger partial charge in [-0.05, 0) is 12.2 Å². The molecule has 0 spiro atoms. The molecule has 0 unspecified atom stereocenters. The highest BCUT2D eigenvalue weighted by molar-refractivity contribution is 7.80. The zero-order chi connectivity index (χ0) is 10.4. The maximum atomic E-state index is 10.1. The van der Waals surface area contributed by atoms with Gasteiger partial charge in [0, 0.05) is 0 Å². The van der Waals surface area contributed by atoms with Crippen molar-refractivity contribution in [1.29, 1.82) is 0 Å². The molecule has 0 aromatic carbocycles. The number of hydrogen-bond acceptors (Lipinski definition) is 4.